The topological polar surface area (TPSA) is 49.6 Å². The van der Waals surface area contributed by atoms with Gasteiger partial charge in [-0.25, -0.2) is 0 Å². The summed E-state index contributed by atoms with van der Waals surface area (Å²) in [6.45, 7) is 3.17. The third kappa shape index (κ3) is 4.45. The molecule has 0 atom stereocenters. The van der Waals surface area contributed by atoms with Gasteiger partial charge in [-0.1, -0.05) is 35.1 Å². The number of hydrogen-bond acceptors (Lipinski definition) is 3. The van der Waals surface area contributed by atoms with Gasteiger partial charge in [-0.15, -0.1) is 0 Å². The van der Waals surface area contributed by atoms with Crippen LogP contribution < -0.4 is 10.6 Å². The lowest BCUT2D eigenvalue weighted by Gasteiger charge is -2.27. The van der Waals surface area contributed by atoms with Crippen molar-refractivity contribution in [1.29, 1.82) is 0 Å². The van der Waals surface area contributed by atoms with Crippen molar-refractivity contribution >= 4 is 44.7 Å². The number of hydrogen-bond donors (Lipinski definition) is 1. The fourth-order valence-corrected chi connectivity index (χ4v) is 2.37. The Bertz CT molecular complexity index is 505. The molecule has 0 spiro atoms. The van der Waals surface area contributed by atoms with Crippen LogP contribution in [0.3, 0.4) is 0 Å². The van der Waals surface area contributed by atoms with E-state index >= 15 is 0 Å². The molecule has 0 heterocycles. The maximum Gasteiger partial charge on any atom is 0.241 e. The van der Waals surface area contributed by atoms with Crippen molar-refractivity contribution in [2.75, 3.05) is 32.1 Å². The number of carbonyl (C=O) groups excluding carboxylic acids is 1. The molecular weight excluding hydrogens is 338 g/mol. The zero-order valence-corrected chi connectivity index (χ0v) is 14.4. The molecule has 1 aromatic carbocycles. The molecule has 0 bridgehead atoms. The second-order valence-corrected chi connectivity index (χ2v) is 6.09. The van der Waals surface area contributed by atoms with Gasteiger partial charge in [-0.2, -0.15) is 0 Å². The van der Waals surface area contributed by atoms with Crippen LogP contribution in [0.15, 0.2) is 22.7 Å². The zero-order valence-electron chi connectivity index (χ0n) is 12.0. The van der Waals surface area contributed by atoms with Gasteiger partial charge in [-0.05, 0) is 24.6 Å². The lowest BCUT2D eigenvalue weighted by Crippen LogP contribution is -2.38. The number of halogens is 1. The van der Waals surface area contributed by atoms with E-state index in [4.69, 9.17) is 18.0 Å². The maximum absolute atomic E-state index is 12.0. The van der Waals surface area contributed by atoms with Gasteiger partial charge in [0.05, 0.1) is 6.54 Å². The van der Waals surface area contributed by atoms with Crippen LogP contribution in [0, 0.1) is 0 Å². The first-order valence-corrected chi connectivity index (χ1v) is 7.61. The van der Waals surface area contributed by atoms with E-state index in [2.05, 4.69) is 22.9 Å². The van der Waals surface area contributed by atoms with Crippen LogP contribution in [0.25, 0.3) is 0 Å². The number of anilines is 1. The fraction of sp³-hybridized carbons (Fsp3) is 0.429. The van der Waals surface area contributed by atoms with E-state index in [0.717, 1.165) is 28.7 Å². The Morgan fingerprint density at radius 1 is 1.40 bits per heavy atom. The van der Waals surface area contributed by atoms with E-state index in [9.17, 15) is 4.79 Å². The molecule has 4 nitrogen and oxygen atoms in total. The monoisotopic (exact) mass is 357 g/mol. The van der Waals surface area contributed by atoms with Gasteiger partial charge in [0.15, 0.2) is 0 Å². The summed E-state index contributed by atoms with van der Waals surface area (Å²) in [5.41, 5.74) is 7.48. The number of benzene rings is 1. The molecule has 1 amide bonds. The quantitative estimate of drug-likeness (QED) is 0.794. The highest BCUT2D eigenvalue weighted by Crippen LogP contribution is 2.25. The fourth-order valence-electron chi connectivity index (χ4n) is 1.84. The molecule has 1 rings (SSSR count). The molecule has 20 heavy (non-hydrogen) atoms. The molecule has 0 aliphatic carbocycles. The number of rotatable bonds is 6. The van der Waals surface area contributed by atoms with Gasteiger partial charge in [0.1, 0.15) is 4.99 Å². The highest BCUT2D eigenvalue weighted by molar-refractivity contribution is 9.10. The van der Waals surface area contributed by atoms with Gasteiger partial charge in [0.2, 0.25) is 5.91 Å². The summed E-state index contributed by atoms with van der Waals surface area (Å²) >= 11 is 8.53. The molecule has 0 aliphatic heterocycles. The highest BCUT2D eigenvalue weighted by atomic mass is 79.9. The second kappa shape index (κ2) is 7.59. The molecule has 0 unspecified atom stereocenters. The van der Waals surface area contributed by atoms with Crippen molar-refractivity contribution in [1.82, 2.24) is 4.90 Å². The Morgan fingerprint density at radius 3 is 2.55 bits per heavy atom. The highest BCUT2D eigenvalue weighted by Gasteiger charge is 2.16. The summed E-state index contributed by atoms with van der Waals surface area (Å²) < 4.78 is 0.916. The Morgan fingerprint density at radius 2 is 2.05 bits per heavy atom. The number of likely N-dealkylation sites (N-methyl/N-ethyl adjacent to an activating group) is 1. The maximum atomic E-state index is 12.0. The third-order valence-electron chi connectivity index (χ3n) is 2.88. The summed E-state index contributed by atoms with van der Waals surface area (Å²) in [5, 5.41) is 0. The van der Waals surface area contributed by atoms with E-state index in [-0.39, 0.29) is 5.91 Å². The first kappa shape index (κ1) is 16.9. The third-order valence-corrected chi connectivity index (χ3v) is 3.60. The number of nitrogens with zero attached hydrogens (tertiary/aromatic N) is 2. The first-order valence-electron chi connectivity index (χ1n) is 6.41. The molecule has 110 valence electrons. The zero-order chi connectivity index (χ0) is 15.3. The molecule has 0 radical (unpaired) electrons. The SMILES string of the molecule is CCCN(CC(=O)N(C)C)c1ccc(Br)cc1C(N)=S. The van der Waals surface area contributed by atoms with Crippen LogP contribution in [0.1, 0.15) is 18.9 Å². The number of nitrogens with two attached hydrogens (primary N) is 1. The summed E-state index contributed by atoms with van der Waals surface area (Å²) in [6.07, 6.45) is 0.938. The second-order valence-electron chi connectivity index (χ2n) is 4.74. The summed E-state index contributed by atoms with van der Waals surface area (Å²) in [4.78, 5) is 15.9. The van der Waals surface area contributed by atoms with E-state index < -0.39 is 0 Å². The molecule has 0 aliphatic rings. The molecule has 6 heteroatoms. The van der Waals surface area contributed by atoms with Crippen molar-refractivity contribution in [2.45, 2.75) is 13.3 Å². The number of thiocarbonyl (C=S) groups is 1. The van der Waals surface area contributed by atoms with Crippen LogP contribution in [-0.4, -0.2) is 43.0 Å². The molecular formula is C14H20BrN3OS. The Balaban J connectivity index is 3.14. The molecule has 0 saturated heterocycles. The van der Waals surface area contributed by atoms with Gasteiger partial charge in [0.25, 0.3) is 0 Å². The lowest BCUT2D eigenvalue weighted by atomic mass is 10.1. The van der Waals surface area contributed by atoms with Gasteiger partial charge in [0, 0.05) is 36.4 Å². The van der Waals surface area contributed by atoms with Crippen molar-refractivity contribution in [3.8, 4) is 0 Å². The molecule has 0 saturated carbocycles. The van der Waals surface area contributed by atoms with E-state index in [0.29, 0.717) is 11.5 Å². The first-order chi connectivity index (χ1) is 9.36. The van der Waals surface area contributed by atoms with E-state index in [1.165, 1.54) is 0 Å². The molecule has 0 fully saturated rings. The normalized spacial score (nSPS) is 10.2. The number of carbonyl (C=O) groups is 1. The smallest absolute Gasteiger partial charge is 0.241 e. The molecule has 1 aromatic rings. The molecule has 0 aromatic heterocycles. The van der Waals surface area contributed by atoms with Crippen LogP contribution in [0.5, 0.6) is 0 Å². The minimum Gasteiger partial charge on any atom is -0.389 e. The number of amides is 1. The summed E-state index contributed by atoms with van der Waals surface area (Å²) in [6, 6.07) is 5.76. The molecule has 2 N–H and O–H groups in total. The predicted octanol–water partition coefficient (Wildman–Crippen LogP) is 2.39. The average Bonchev–Trinajstić information content (AvgIpc) is 2.37. The predicted molar refractivity (Wildman–Crippen MR) is 91.2 cm³/mol. The summed E-state index contributed by atoms with van der Waals surface area (Å²) in [5.74, 6) is 0.0512. The summed E-state index contributed by atoms with van der Waals surface area (Å²) in [7, 11) is 3.50. The van der Waals surface area contributed by atoms with Crippen molar-refractivity contribution in [2.24, 2.45) is 5.73 Å². The van der Waals surface area contributed by atoms with Gasteiger partial charge < -0.3 is 15.5 Å². The standard InChI is InChI=1S/C14H20BrN3OS/c1-4-7-18(9-13(19)17(2)3)12-6-5-10(15)8-11(12)14(16)20/h5-6,8H,4,7,9H2,1-3H3,(H2,16,20). The van der Waals surface area contributed by atoms with Crippen molar-refractivity contribution in [3.05, 3.63) is 28.2 Å². The van der Waals surface area contributed by atoms with Crippen molar-refractivity contribution < 1.29 is 4.79 Å². The largest absolute Gasteiger partial charge is 0.389 e. The minimum absolute atomic E-state index is 0.0512. The van der Waals surface area contributed by atoms with E-state index in [1.54, 1.807) is 19.0 Å². The lowest BCUT2D eigenvalue weighted by molar-refractivity contribution is -0.127. The Hall–Kier alpha value is -1.14. The van der Waals surface area contributed by atoms with E-state index in [1.807, 2.05) is 23.1 Å². The van der Waals surface area contributed by atoms with Gasteiger partial charge in [-0.3, -0.25) is 4.79 Å². The minimum atomic E-state index is 0.0512. The van der Waals surface area contributed by atoms with Crippen LogP contribution >= 0.6 is 28.1 Å². The average molecular weight is 358 g/mol. The Labute approximate surface area is 134 Å². The van der Waals surface area contributed by atoms with Crippen LogP contribution in [-0.2, 0) is 4.79 Å². The van der Waals surface area contributed by atoms with Gasteiger partial charge >= 0.3 is 0 Å². The van der Waals surface area contributed by atoms with Crippen LogP contribution in [0.4, 0.5) is 5.69 Å². The van der Waals surface area contributed by atoms with Crippen LogP contribution in [0.2, 0.25) is 0 Å². The Kier molecular flexibility index (Phi) is 6.42. The van der Waals surface area contributed by atoms with Crippen molar-refractivity contribution in [3.63, 3.8) is 0 Å².